The third kappa shape index (κ3) is 3.00. The Morgan fingerprint density at radius 2 is 2.25 bits per heavy atom. The smallest absolute Gasteiger partial charge is 0.0960 e. The molecular formula is C9H13NO2. The van der Waals surface area contributed by atoms with E-state index in [0.717, 1.165) is 5.56 Å². The fourth-order valence-corrected chi connectivity index (χ4v) is 0.974. The van der Waals surface area contributed by atoms with E-state index >= 15 is 0 Å². The van der Waals surface area contributed by atoms with Crippen molar-refractivity contribution in [2.45, 2.75) is 13.5 Å². The van der Waals surface area contributed by atoms with Gasteiger partial charge in [-0.15, -0.1) is 0 Å². The zero-order valence-electron chi connectivity index (χ0n) is 7.33. The lowest BCUT2D eigenvalue weighted by Gasteiger charge is -2.03. The summed E-state index contributed by atoms with van der Waals surface area (Å²) >= 11 is 0. The second-order valence-corrected chi connectivity index (χ2v) is 2.57. The SMILES string of the molecule is CONOCc1cccc(C)c1. The van der Waals surface area contributed by atoms with Crippen LogP contribution in [0.4, 0.5) is 0 Å². The zero-order valence-corrected chi connectivity index (χ0v) is 7.33. The summed E-state index contributed by atoms with van der Waals surface area (Å²) in [6.45, 7) is 2.56. The third-order valence-corrected chi connectivity index (χ3v) is 1.46. The summed E-state index contributed by atoms with van der Waals surface area (Å²) < 4.78 is 0. The Labute approximate surface area is 72.2 Å². The molecule has 0 spiro atoms. The lowest BCUT2D eigenvalue weighted by atomic mass is 10.1. The van der Waals surface area contributed by atoms with Gasteiger partial charge in [-0.3, -0.25) is 9.68 Å². The van der Waals surface area contributed by atoms with Crippen LogP contribution in [0.15, 0.2) is 24.3 Å². The Hall–Kier alpha value is -0.900. The molecule has 1 aromatic carbocycles. The molecule has 1 rings (SSSR count). The molecule has 12 heavy (non-hydrogen) atoms. The molecule has 3 heteroatoms. The summed E-state index contributed by atoms with van der Waals surface area (Å²) in [5.41, 5.74) is 4.67. The minimum atomic E-state index is 0.509. The first-order chi connectivity index (χ1) is 5.83. The van der Waals surface area contributed by atoms with Crippen LogP contribution in [0.5, 0.6) is 0 Å². The molecule has 1 N–H and O–H groups in total. The van der Waals surface area contributed by atoms with Crippen LogP contribution >= 0.6 is 0 Å². The van der Waals surface area contributed by atoms with Crippen LogP contribution < -0.4 is 5.64 Å². The molecule has 0 saturated heterocycles. The highest BCUT2D eigenvalue weighted by Gasteiger charge is 1.92. The van der Waals surface area contributed by atoms with Crippen LogP contribution in [0.2, 0.25) is 0 Å². The van der Waals surface area contributed by atoms with E-state index in [1.54, 1.807) is 0 Å². The number of hydrogen-bond donors (Lipinski definition) is 1. The molecule has 0 amide bonds. The van der Waals surface area contributed by atoms with E-state index in [-0.39, 0.29) is 0 Å². The Kier molecular flexibility index (Phi) is 3.73. The number of benzene rings is 1. The first-order valence-electron chi connectivity index (χ1n) is 3.78. The maximum Gasteiger partial charge on any atom is 0.0960 e. The molecule has 0 aliphatic rings. The van der Waals surface area contributed by atoms with Crippen molar-refractivity contribution in [1.29, 1.82) is 0 Å². The maximum absolute atomic E-state index is 4.95. The van der Waals surface area contributed by atoms with Crippen molar-refractivity contribution in [2.75, 3.05) is 7.11 Å². The molecule has 0 bridgehead atoms. The van der Waals surface area contributed by atoms with Gasteiger partial charge in [-0.25, -0.2) is 0 Å². The number of hydrogen-bond acceptors (Lipinski definition) is 3. The molecule has 66 valence electrons. The van der Waals surface area contributed by atoms with Crippen LogP contribution in [0.25, 0.3) is 0 Å². The largest absolute Gasteiger partial charge is 0.280 e. The molecule has 0 aliphatic carbocycles. The van der Waals surface area contributed by atoms with Gasteiger partial charge in [0.2, 0.25) is 0 Å². The Balaban J connectivity index is 2.41. The molecular weight excluding hydrogens is 154 g/mol. The summed E-state index contributed by atoms with van der Waals surface area (Å²) in [6.07, 6.45) is 0. The van der Waals surface area contributed by atoms with Gasteiger partial charge in [0.05, 0.1) is 13.7 Å². The van der Waals surface area contributed by atoms with Crippen LogP contribution in [0.1, 0.15) is 11.1 Å². The molecule has 0 aromatic heterocycles. The van der Waals surface area contributed by atoms with Gasteiger partial charge in [-0.05, 0) is 12.5 Å². The first kappa shape index (κ1) is 9.19. The molecule has 0 heterocycles. The van der Waals surface area contributed by atoms with Gasteiger partial charge in [-0.2, -0.15) is 0 Å². The van der Waals surface area contributed by atoms with Gasteiger partial charge < -0.3 is 0 Å². The quantitative estimate of drug-likeness (QED) is 0.545. The van der Waals surface area contributed by atoms with Crippen molar-refractivity contribution >= 4 is 0 Å². The van der Waals surface area contributed by atoms with E-state index in [1.807, 2.05) is 25.1 Å². The van der Waals surface area contributed by atoms with E-state index in [1.165, 1.54) is 12.7 Å². The van der Waals surface area contributed by atoms with E-state index < -0.39 is 0 Å². The number of nitrogens with one attached hydrogen (secondary N) is 1. The Bertz CT molecular complexity index is 238. The second-order valence-electron chi connectivity index (χ2n) is 2.57. The third-order valence-electron chi connectivity index (χ3n) is 1.46. The van der Waals surface area contributed by atoms with Crippen LogP contribution in [0, 0.1) is 6.92 Å². The Morgan fingerprint density at radius 1 is 1.42 bits per heavy atom. The van der Waals surface area contributed by atoms with Crippen molar-refractivity contribution in [1.82, 2.24) is 5.64 Å². The average Bonchev–Trinajstić information content (AvgIpc) is 2.05. The van der Waals surface area contributed by atoms with E-state index in [0.29, 0.717) is 6.61 Å². The summed E-state index contributed by atoms with van der Waals surface area (Å²) in [5, 5.41) is 0. The molecule has 0 radical (unpaired) electrons. The molecule has 3 nitrogen and oxygen atoms in total. The molecule has 0 aliphatic heterocycles. The maximum atomic E-state index is 4.95. The van der Waals surface area contributed by atoms with Gasteiger partial charge in [0, 0.05) is 0 Å². The average molecular weight is 167 g/mol. The van der Waals surface area contributed by atoms with Crippen molar-refractivity contribution in [3.63, 3.8) is 0 Å². The van der Waals surface area contributed by atoms with Crippen LogP contribution in [-0.4, -0.2) is 7.11 Å². The second kappa shape index (κ2) is 4.87. The molecule has 0 unspecified atom stereocenters. The van der Waals surface area contributed by atoms with Gasteiger partial charge in [-0.1, -0.05) is 35.5 Å². The van der Waals surface area contributed by atoms with Crippen molar-refractivity contribution < 1.29 is 9.68 Å². The molecule has 0 saturated carbocycles. The standard InChI is InChI=1S/C9H13NO2/c1-8-4-3-5-9(6-8)7-12-10-11-2/h3-6,10H,7H2,1-2H3. The topological polar surface area (TPSA) is 30.5 Å². The fraction of sp³-hybridized carbons (Fsp3) is 0.333. The first-order valence-corrected chi connectivity index (χ1v) is 3.78. The number of aryl methyl sites for hydroxylation is 1. The van der Waals surface area contributed by atoms with Crippen LogP contribution in [0.3, 0.4) is 0 Å². The van der Waals surface area contributed by atoms with Crippen molar-refractivity contribution in [2.24, 2.45) is 0 Å². The molecule has 0 fully saturated rings. The summed E-state index contributed by atoms with van der Waals surface area (Å²) in [6, 6.07) is 8.12. The fourth-order valence-electron chi connectivity index (χ4n) is 0.974. The zero-order chi connectivity index (χ0) is 8.81. The minimum absolute atomic E-state index is 0.509. The summed E-state index contributed by atoms with van der Waals surface area (Å²) in [5.74, 6) is 0. The number of rotatable bonds is 4. The lowest BCUT2D eigenvalue weighted by Crippen LogP contribution is -2.11. The lowest BCUT2D eigenvalue weighted by molar-refractivity contribution is -0.159. The highest BCUT2D eigenvalue weighted by atomic mass is 16.9. The minimum Gasteiger partial charge on any atom is -0.280 e. The summed E-state index contributed by atoms with van der Waals surface area (Å²) in [4.78, 5) is 9.47. The van der Waals surface area contributed by atoms with Gasteiger partial charge in [0.15, 0.2) is 0 Å². The predicted octanol–water partition coefficient (Wildman–Crippen LogP) is 1.58. The predicted molar refractivity (Wildman–Crippen MR) is 46.1 cm³/mol. The molecule has 1 aromatic rings. The van der Waals surface area contributed by atoms with E-state index in [9.17, 15) is 0 Å². The Morgan fingerprint density at radius 3 is 2.92 bits per heavy atom. The highest BCUT2D eigenvalue weighted by molar-refractivity contribution is 5.21. The van der Waals surface area contributed by atoms with Gasteiger partial charge in [0.25, 0.3) is 0 Å². The van der Waals surface area contributed by atoms with E-state index in [4.69, 9.17) is 4.84 Å². The highest BCUT2D eigenvalue weighted by Crippen LogP contribution is 2.04. The summed E-state index contributed by atoms with van der Waals surface area (Å²) in [7, 11) is 1.51. The van der Waals surface area contributed by atoms with Gasteiger partial charge in [0.1, 0.15) is 0 Å². The molecule has 0 atom stereocenters. The normalized spacial score (nSPS) is 10.2. The monoisotopic (exact) mass is 167 g/mol. The van der Waals surface area contributed by atoms with Crippen LogP contribution in [-0.2, 0) is 16.3 Å². The van der Waals surface area contributed by atoms with Crippen molar-refractivity contribution in [3.05, 3.63) is 35.4 Å². The van der Waals surface area contributed by atoms with Crippen molar-refractivity contribution in [3.8, 4) is 0 Å². The van der Waals surface area contributed by atoms with E-state index in [2.05, 4.69) is 16.5 Å². The van der Waals surface area contributed by atoms with Gasteiger partial charge >= 0.3 is 0 Å².